The third-order valence-electron chi connectivity index (χ3n) is 2.23. The van der Waals surface area contributed by atoms with Crippen LogP contribution in [0.4, 0.5) is 5.95 Å². The predicted octanol–water partition coefficient (Wildman–Crippen LogP) is 1.39. The van der Waals surface area contributed by atoms with Gasteiger partial charge in [0.2, 0.25) is 0 Å². The maximum atomic E-state index is 8.91. The Morgan fingerprint density at radius 3 is 2.87 bits per heavy atom. The summed E-state index contributed by atoms with van der Waals surface area (Å²) in [6.07, 6.45) is 3.44. The van der Waals surface area contributed by atoms with Gasteiger partial charge in [0.15, 0.2) is 5.95 Å². The average Bonchev–Trinajstić information content (AvgIpc) is 2.65. The van der Waals surface area contributed by atoms with E-state index in [0.29, 0.717) is 18.1 Å². The molecule has 4 nitrogen and oxygen atoms in total. The summed E-state index contributed by atoms with van der Waals surface area (Å²) in [4.78, 5) is 3.93. The van der Waals surface area contributed by atoms with Crippen molar-refractivity contribution in [2.24, 2.45) is 0 Å². The molecule has 0 unspecified atom stereocenters. The van der Waals surface area contributed by atoms with E-state index in [9.17, 15) is 0 Å². The Kier molecular flexibility index (Phi) is 2.38. The Labute approximate surface area is 87.6 Å². The predicted molar refractivity (Wildman–Crippen MR) is 56.9 cm³/mol. The van der Waals surface area contributed by atoms with Gasteiger partial charge in [-0.2, -0.15) is 5.26 Å². The van der Waals surface area contributed by atoms with Crippen molar-refractivity contribution in [1.82, 2.24) is 9.55 Å². The Hall–Kier alpha value is -2.28. The van der Waals surface area contributed by atoms with Crippen LogP contribution in [0.5, 0.6) is 0 Å². The number of imidazole rings is 1. The number of hydrogen-bond acceptors (Lipinski definition) is 3. The first-order valence-corrected chi connectivity index (χ1v) is 4.56. The van der Waals surface area contributed by atoms with Crippen LogP contribution in [-0.4, -0.2) is 9.55 Å². The minimum Gasteiger partial charge on any atom is -0.369 e. The maximum Gasteiger partial charge on any atom is 0.200 e. The molecular weight excluding hydrogens is 188 g/mol. The van der Waals surface area contributed by atoms with Crippen molar-refractivity contribution in [2.45, 2.75) is 6.54 Å². The molecule has 0 saturated heterocycles. The molecule has 2 aromatic rings. The number of hydrogen-bond donors (Lipinski definition) is 1. The van der Waals surface area contributed by atoms with Gasteiger partial charge in [0.25, 0.3) is 0 Å². The van der Waals surface area contributed by atoms with E-state index in [1.165, 1.54) is 0 Å². The second kappa shape index (κ2) is 3.84. The van der Waals surface area contributed by atoms with E-state index >= 15 is 0 Å². The number of rotatable bonds is 2. The second-order valence-electron chi connectivity index (χ2n) is 3.18. The van der Waals surface area contributed by atoms with E-state index in [1.807, 2.05) is 18.2 Å². The topological polar surface area (TPSA) is 67.6 Å². The molecular formula is C11H10N4. The summed E-state index contributed by atoms with van der Waals surface area (Å²) in [7, 11) is 0. The zero-order valence-electron chi connectivity index (χ0n) is 8.09. The van der Waals surface area contributed by atoms with E-state index in [0.717, 1.165) is 5.56 Å². The molecule has 1 aromatic heterocycles. The van der Waals surface area contributed by atoms with Crippen LogP contribution in [0.3, 0.4) is 0 Å². The van der Waals surface area contributed by atoms with Gasteiger partial charge in [0.05, 0.1) is 18.2 Å². The molecule has 2 rings (SSSR count). The Morgan fingerprint density at radius 1 is 1.40 bits per heavy atom. The molecule has 0 spiro atoms. The number of anilines is 1. The van der Waals surface area contributed by atoms with Gasteiger partial charge in [0.1, 0.15) is 0 Å². The highest BCUT2D eigenvalue weighted by atomic mass is 15.1. The molecule has 74 valence electrons. The monoisotopic (exact) mass is 198 g/mol. The summed E-state index contributed by atoms with van der Waals surface area (Å²) < 4.78 is 1.80. The third kappa shape index (κ3) is 1.81. The minimum absolute atomic E-state index is 0.461. The van der Waals surface area contributed by atoms with Crippen LogP contribution in [-0.2, 0) is 6.54 Å². The molecule has 0 aliphatic carbocycles. The fraction of sp³-hybridized carbons (Fsp3) is 0.0909. The first kappa shape index (κ1) is 9.28. The van der Waals surface area contributed by atoms with E-state index in [1.54, 1.807) is 23.0 Å². The highest BCUT2D eigenvalue weighted by molar-refractivity contribution is 5.38. The smallest absolute Gasteiger partial charge is 0.200 e. The van der Waals surface area contributed by atoms with Crippen molar-refractivity contribution in [3.8, 4) is 6.07 Å². The van der Waals surface area contributed by atoms with Gasteiger partial charge in [-0.05, 0) is 11.6 Å². The number of benzene rings is 1. The summed E-state index contributed by atoms with van der Waals surface area (Å²) in [5, 5.41) is 8.91. The lowest BCUT2D eigenvalue weighted by Gasteiger charge is -2.05. The lowest BCUT2D eigenvalue weighted by Crippen LogP contribution is -2.04. The number of nitrogens with zero attached hydrogens (tertiary/aromatic N) is 3. The molecule has 1 aromatic carbocycles. The van der Waals surface area contributed by atoms with Crippen molar-refractivity contribution in [3.63, 3.8) is 0 Å². The lowest BCUT2D eigenvalue weighted by atomic mass is 10.1. The van der Waals surface area contributed by atoms with Crippen LogP contribution < -0.4 is 5.73 Å². The molecule has 0 saturated carbocycles. The van der Waals surface area contributed by atoms with Crippen LogP contribution in [0.25, 0.3) is 0 Å². The van der Waals surface area contributed by atoms with Gasteiger partial charge >= 0.3 is 0 Å². The number of nitriles is 1. The molecule has 0 radical (unpaired) electrons. The van der Waals surface area contributed by atoms with E-state index in [2.05, 4.69) is 11.1 Å². The van der Waals surface area contributed by atoms with Crippen molar-refractivity contribution in [2.75, 3.05) is 5.73 Å². The van der Waals surface area contributed by atoms with Crippen molar-refractivity contribution >= 4 is 5.95 Å². The van der Waals surface area contributed by atoms with Gasteiger partial charge in [-0.15, -0.1) is 0 Å². The SMILES string of the molecule is N#Cc1ccccc1Cn1ccnc1N. The zero-order valence-corrected chi connectivity index (χ0v) is 8.09. The van der Waals surface area contributed by atoms with Gasteiger partial charge in [-0.25, -0.2) is 4.98 Å². The summed E-state index contributed by atoms with van der Waals surface area (Å²) >= 11 is 0. The van der Waals surface area contributed by atoms with Crippen LogP contribution in [0.2, 0.25) is 0 Å². The van der Waals surface area contributed by atoms with Crippen molar-refractivity contribution in [3.05, 3.63) is 47.8 Å². The summed E-state index contributed by atoms with van der Waals surface area (Å²) in [6, 6.07) is 9.61. The minimum atomic E-state index is 0.461. The third-order valence-corrected chi connectivity index (χ3v) is 2.23. The van der Waals surface area contributed by atoms with Gasteiger partial charge in [-0.1, -0.05) is 18.2 Å². The molecule has 0 aliphatic heterocycles. The van der Waals surface area contributed by atoms with Gasteiger partial charge in [-0.3, -0.25) is 0 Å². The van der Waals surface area contributed by atoms with Crippen LogP contribution >= 0.6 is 0 Å². The van der Waals surface area contributed by atoms with E-state index in [-0.39, 0.29) is 0 Å². The Balaban J connectivity index is 2.33. The molecule has 2 N–H and O–H groups in total. The number of nitrogens with two attached hydrogens (primary N) is 1. The summed E-state index contributed by atoms with van der Waals surface area (Å²) in [6.45, 7) is 0.579. The zero-order chi connectivity index (χ0) is 10.7. The van der Waals surface area contributed by atoms with E-state index < -0.39 is 0 Å². The van der Waals surface area contributed by atoms with Gasteiger partial charge in [0, 0.05) is 12.4 Å². The summed E-state index contributed by atoms with van der Waals surface area (Å²) in [5.74, 6) is 0.461. The highest BCUT2D eigenvalue weighted by Crippen LogP contribution is 2.11. The standard InChI is InChI=1S/C11H10N4/c12-7-9-3-1-2-4-10(9)8-15-6-5-14-11(15)13/h1-6H,8H2,(H2,13,14). The first-order chi connectivity index (χ1) is 7.31. The Bertz CT molecular complexity index is 507. The van der Waals surface area contributed by atoms with Crippen LogP contribution in [0.1, 0.15) is 11.1 Å². The number of aromatic nitrogens is 2. The first-order valence-electron chi connectivity index (χ1n) is 4.56. The second-order valence-corrected chi connectivity index (χ2v) is 3.18. The summed E-state index contributed by atoms with van der Waals surface area (Å²) in [5.41, 5.74) is 7.27. The molecule has 0 atom stereocenters. The van der Waals surface area contributed by atoms with Crippen molar-refractivity contribution < 1.29 is 0 Å². The van der Waals surface area contributed by atoms with Crippen LogP contribution in [0.15, 0.2) is 36.7 Å². The normalized spacial score (nSPS) is 9.80. The number of nitrogen functional groups attached to an aromatic ring is 1. The molecule has 15 heavy (non-hydrogen) atoms. The fourth-order valence-electron chi connectivity index (χ4n) is 1.43. The molecule has 1 heterocycles. The highest BCUT2D eigenvalue weighted by Gasteiger charge is 2.03. The molecule has 4 heteroatoms. The van der Waals surface area contributed by atoms with Crippen LogP contribution in [0, 0.1) is 11.3 Å². The molecule has 0 fully saturated rings. The lowest BCUT2D eigenvalue weighted by molar-refractivity contribution is 0.809. The maximum absolute atomic E-state index is 8.91. The Morgan fingerprint density at radius 2 is 2.20 bits per heavy atom. The quantitative estimate of drug-likeness (QED) is 0.792. The molecule has 0 amide bonds. The largest absolute Gasteiger partial charge is 0.369 e. The van der Waals surface area contributed by atoms with Crippen molar-refractivity contribution in [1.29, 1.82) is 5.26 Å². The molecule has 0 bridgehead atoms. The van der Waals surface area contributed by atoms with Gasteiger partial charge < -0.3 is 10.3 Å². The van der Waals surface area contributed by atoms with E-state index in [4.69, 9.17) is 11.0 Å². The fourth-order valence-corrected chi connectivity index (χ4v) is 1.43. The molecule has 0 aliphatic rings. The average molecular weight is 198 g/mol.